The molecule has 0 fully saturated rings. The second-order valence-corrected chi connectivity index (χ2v) is 6.44. The lowest BCUT2D eigenvalue weighted by atomic mass is 9.95. The smallest absolute Gasteiger partial charge is 0.399 e. The molecule has 0 aliphatic rings. The number of hydrogen-bond donors (Lipinski definition) is 4. The summed E-state index contributed by atoms with van der Waals surface area (Å²) in [6.07, 6.45) is 0. The third kappa shape index (κ3) is 6.04. The SMILES string of the molecule is Cc1c(-c2ccc(N)cc2)ccc(N(C)C)c1C.O=P(O)(O)O. The summed E-state index contributed by atoms with van der Waals surface area (Å²) in [7, 11) is -0.491. The highest BCUT2D eigenvalue weighted by Crippen LogP contribution is 2.31. The van der Waals surface area contributed by atoms with Crippen LogP contribution in [0.1, 0.15) is 11.1 Å². The second kappa shape index (κ2) is 7.62. The minimum atomic E-state index is -4.64. The summed E-state index contributed by atoms with van der Waals surface area (Å²) in [5.41, 5.74) is 13.0. The van der Waals surface area contributed by atoms with E-state index in [0.717, 1.165) is 5.69 Å². The molecule has 5 N–H and O–H groups in total. The Morgan fingerprint density at radius 2 is 1.39 bits per heavy atom. The van der Waals surface area contributed by atoms with Gasteiger partial charge in [-0.15, -0.1) is 0 Å². The maximum Gasteiger partial charge on any atom is 0.466 e. The van der Waals surface area contributed by atoms with Crippen molar-refractivity contribution in [1.82, 2.24) is 0 Å². The summed E-state index contributed by atoms with van der Waals surface area (Å²) >= 11 is 0. The number of nitrogens with two attached hydrogens (primary N) is 1. The molecule has 7 heteroatoms. The quantitative estimate of drug-likeness (QED) is 0.495. The van der Waals surface area contributed by atoms with Crippen molar-refractivity contribution in [1.29, 1.82) is 0 Å². The van der Waals surface area contributed by atoms with Crippen molar-refractivity contribution in [2.45, 2.75) is 13.8 Å². The zero-order valence-corrected chi connectivity index (χ0v) is 14.6. The molecular weight excluding hydrogens is 315 g/mol. The minimum Gasteiger partial charge on any atom is -0.399 e. The maximum atomic E-state index is 8.88. The van der Waals surface area contributed by atoms with Gasteiger partial charge in [0.05, 0.1) is 0 Å². The Morgan fingerprint density at radius 3 is 1.83 bits per heavy atom. The van der Waals surface area contributed by atoms with Crippen molar-refractivity contribution in [3.05, 3.63) is 47.5 Å². The normalized spacial score (nSPS) is 10.7. The molecule has 0 saturated heterocycles. The molecule has 6 nitrogen and oxygen atoms in total. The lowest BCUT2D eigenvalue weighted by Crippen LogP contribution is -2.11. The Hall–Kier alpha value is -1.85. The van der Waals surface area contributed by atoms with Gasteiger partial charge in [0.1, 0.15) is 0 Å². The van der Waals surface area contributed by atoms with E-state index in [4.69, 9.17) is 25.0 Å². The van der Waals surface area contributed by atoms with Gasteiger partial charge >= 0.3 is 7.82 Å². The fourth-order valence-corrected chi connectivity index (χ4v) is 2.27. The van der Waals surface area contributed by atoms with Gasteiger partial charge in [0.15, 0.2) is 0 Å². The zero-order chi connectivity index (χ0) is 17.8. The van der Waals surface area contributed by atoms with E-state index in [1.807, 2.05) is 12.1 Å². The largest absolute Gasteiger partial charge is 0.466 e. The van der Waals surface area contributed by atoms with Gasteiger partial charge in [0, 0.05) is 25.5 Å². The molecule has 0 amide bonds. The van der Waals surface area contributed by atoms with Crippen LogP contribution < -0.4 is 10.6 Å². The molecule has 0 aliphatic heterocycles. The molecule has 0 radical (unpaired) electrons. The van der Waals surface area contributed by atoms with E-state index in [-0.39, 0.29) is 0 Å². The van der Waals surface area contributed by atoms with E-state index in [0.29, 0.717) is 0 Å². The molecule has 2 aromatic carbocycles. The molecular formula is C16H23N2O4P. The summed E-state index contributed by atoms with van der Waals surface area (Å²) in [6.45, 7) is 4.35. The Bertz CT molecular complexity index is 701. The number of rotatable bonds is 2. The molecule has 0 bridgehead atoms. The van der Waals surface area contributed by atoms with Crippen LogP contribution in [0.5, 0.6) is 0 Å². The highest BCUT2D eigenvalue weighted by atomic mass is 31.2. The van der Waals surface area contributed by atoms with Gasteiger partial charge in [-0.1, -0.05) is 18.2 Å². The van der Waals surface area contributed by atoms with E-state index in [1.165, 1.54) is 27.9 Å². The average molecular weight is 338 g/mol. The van der Waals surface area contributed by atoms with Crippen LogP contribution in [0.15, 0.2) is 36.4 Å². The standard InChI is InChI=1S/C16H20N2.H3O4P/c1-11-12(2)16(18(3)4)10-9-15(11)13-5-7-14(17)8-6-13;1-5(2,3)4/h5-10H,17H2,1-4H3;(H3,1,2,3,4). The van der Waals surface area contributed by atoms with E-state index in [9.17, 15) is 0 Å². The molecule has 23 heavy (non-hydrogen) atoms. The molecule has 0 atom stereocenters. The van der Waals surface area contributed by atoms with Gasteiger partial charge in [-0.25, -0.2) is 4.57 Å². The first-order chi connectivity index (χ1) is 10.5. The summed E-state index contributed by atoms with van der Waals surface area (Å²) in [6, 6.07) is 12.4. The lowest BCUT2D eigenvalue weighted by Gasteiger charge is -2.19. The topological polar surface area (TPSA) is 107 Å². The number of benzene rings is 2. The first-order valence-electron chi connectivity index (χ1n) is 6.92. The fourth-order valence-electron chi connectivity index (χ4n) is 2.27. The van der Waals surface area contributed by atoms with Crippen molar-refractivity contribution >= 4 is 19.2 Å². The number of nitrogens with zero attached hydrogens (tertiary/aromatic N) is 1. The van der Waals surface area contributed by atoms with Gasteiger partial charge in [-0.2, -0.15) is 0 Å². The van der Waals surface area contributed by atoms with Crippen molar-refractivity contribution in [3.63, 3.8) is 0 Å². The number of anilines is 2. The van der Waals surface area contributed by atoms with E-state index >= 15 is 0 Å². The van der Waals surface area contributed by atoms with Gasteiger partial charge < -0.3 is 25.3 Å². The maximum absolute atomic E-state index is 8.88. The van der Waals surface area contributed by atoms with Crippen molar-refractivity contribution in [2.24, 2.45) is 0 Å². The molecule has 0 heterocycles. The van der Waals surface area contributed by atoms with Crippen LogP contribution in [0, 0.1) is 13.8 Å². The first-order valence-corrected chi connectivity index (χ1v) is 8.49. The Labute approximate surface area is 136 Å². The second-order valence-electron chi connectivity index (χ2n) is 5.41. The van der Waals surface area contributed by atoms with Crippen LogP contribution in [-0.4, -0.2) is 28.8 Å². The first kappa shape index (κ1) is 19.2. The van der Waals surface area contributed by atoms with Crippen LogP contribution in [0.3, 0.4) is 0 Å². The van der Waals surface area contributed by atoms with Gasteiger partial charge in [-0.05, 0) is 54.3 Å². The van der Waals surface area contributed by atoms with Crippen LogP contribution in [0.4, 0.5) is 11.4 Å². The van der Waals surface area contributed by atoms with Crippen LogP contribution in [-0.2, 0) is 4.57 Å². The third-order valence-corrected chi connectivity index (χ3v) is 3.46. The fraction of sp³-hybridized carbons (Fsp3) is 0.250. The summed E-state index contributed by atoms with van der Waals surface area (Å²) in [5, 5.41) is 0. The number of phosphoric acid groups is 1. The Balaban J connectivity index is 0.000000463. The monoisotopic (exact) mass is 338 g/mol. The lowest BCUT2D eigenvalue weighted by molar-refractivity contribution is 0.275. The molecule has 2 aromatic rings. The average Bonchev–Trinajstić information content (AvgIpc) is 2.41. The van der Waals surface area contributed by atoms with E-state index in [2.05, 4.69) is 57.1 Å². The van der Waals surface area contributed by atoms with Crippen molar-refractivity contribution in [2.75, 3.05) is 24.7 Å². The molecule has 0 spiro atoms. The minimum absolute atomic E-state index is 0.804. The van der Waals surface area contributed by atoms with Crippen molar-refractivity contribution in [3.8, 4) is 11.1 Å². The van der Waals surface area contributed by atoms with E-state index in [1.54, 1.807) is 0 Å². The molecule has 0 unspecified atom stereocenters. The molecule has 0 aromatic heterocycles. The van der Waals surface area contributed by atoms with Gasteiger partial charge in [0.25, 0.3) is 0 Å². The van der Waals surface area contributed by atoms with E-state index < -0.39 is 7.82 Å². The van der Waals surface area contributed by atoms with Crippen LogP contribution in [0.25, 0.3) is 11.1 Å². The molecule has 0 saturated carbocycles. The number of hydrogen-bond acceptors (Lipinski definition) is 3. The highest BCUT2D eigenvalue weighted by molar-refractivity contribution is 7.45. The zero-order valence-electron chi connectivity index (χ0n) is 13.7. The molecule has 126 valence electrons. The summed E-state index contributed by atoms with van der Waals surface area (Å²) < 4.78 is 8.88. The highest BCUT2D eigenvalue weighted by Gasteiger charge is 2.09. The predicted molar refractivity (Wildman–Crippen MR) is 94.4 cm³/mol. The Morgan fingerprint density at radius 1 is 0.913 bits per heavy atom. The number of nitrogen functional groups attached to an aromatic ring is 1. The molecule has 2 rings (SSSR count). The molecule has 0 aliphatic carbocycles. The van der Waals surface area contributed by atoms with Crippen LogP contribution >= 0.6 is 7.82 Å². The predicted octanol–water partition coefficient (Wildman–Crippen LogP) is 2.69. The summed E-state index contributed by atoms with van der Waals surface area (Å²) in [4.78, 5) is 23.7. The summed E-state index contributed by atoms with van der Waals surface area (Å²) in [5.74, 6) is 0. The van der Waals surface area contributed by atoms with Crippen LogP contribution in [0.2, 0.25) is 0 Å². The third-order valence-electron chi connectivity index (χ3n) is 3.46. The van der Waals surface area contributed by atoms with Gasteiger partial charge in [-0.3, -0.25) is 0 Å². The Kier molecular flexibility index (Phi) is 6.36. The van der Waals surface area contributed by atoms with Crippen molar-refractivity contribution < 1.29 is 19.2 Å². The van der Waals surface area contributed by atoms with Gasteiger partial charge in [0.2, 0.25) is 0 Å².